The maximum Gasteiger partial charge on any atom is 0.0777 e. The Morgan fingerprint density at radius 2 is 2.00 bits per heavy atom. The van der Waals surface area contributed by atoms with E-state index in [1.165, 1.54) is 45.1 Å². The van der Waals surface area contributed by atoms with E-state index in [4.69, 9.17) is 4.74 Å². The van der Waals surface area contributed by atoms with Crippen molar-refractivity contribution < 1.29 is 4.74 Å². The van der Waals surface area contributed by atoms with Gasteiger partial charge in [0.15, 0.2) is 0 Å². The highest BCUT2D eigenvalue weighted by atomic mass is 16.5. The highest BCUT2D eigenvalue weighted by molar-refractivity contribution is 4.90. The van der Waals surface area contributed by atoms with Gasteiger partial charge in [-0.2, -0.15) is 0 Å². The molecular formula is C15H30N2O. The van der Waals surface area contributed by atoms with Crippen LogP contribution in [0, 0.1) is 0 Å². The summed E-state index contributed by atoms with van der Waals surface area (Å²) in [7, 11) is 1.87. The second kappa shape index (κ2) is 6.36. The Kier molecular flexibility index (Phi) is 5.05. The van der Waals surface area contributed by atoms with E-state index in [-0.39, 0.29) is 5.60 Å². The molecule has 0 bridgehead atoms. The third-order valence-electron chi connectivity index (χ3n) is 4.89. The molecule has 0 aromatic heterocycles. The smallest absolute Gasteiger partial charge is 0.0777 e. The summed E-state index contributed by atoms with van der Waals surface area (Å²) in [5.41, 5.74) is 0.0940. The van der Waals surface area contributed by atoms with E-state index < -0.39 is 0 Å². The monoisotopic (exact) mass is 254 g/mol. The van der Waals surface area contributed by atoms with Crippen LogP contribution in [0.1, 0.15) is 52.4 Å². The number of likely N-dealkylation sites (tertiary alicyclic amines) is 1. The van der Waals surface area contributed by atoms with Crippen LogP contribution < -0.4 is 5.32 Å². The number of rotatable bonds is 4. The van der Waals surface area contributed by atoms with Crippen molar-refractivity contribution in [1.29, 1.82) is 0 Å². The Hall–Kier alpha value is -0.120. The molecule has 1 aliphatic carbocycles. The minimum atomic E-state index is 0.0940. The van der Waals surface area contributed by atoms with Crippen LogP contribution >= 0.6 is 0 Å². The number of hydrogen-bond acceptors (Lipinski definition) is 3. The number of nitrogens with zero attached hydrogens (tertiary/aromatic N) is 1. The SMILES string of the molecule is CCNC1CCC(N2CCCC(C)(OC)C2)CC1. The lowest BCUT2D eigenvalue weighted by atomic mass is 9.87. The summed E-state index contributed by atoms with van der Waals surface area (Å²) < 4.78 is 5.71. The topological polar surface area (TPSA) is 24.5 Å². The Balaban J connectivity index is 1.82. The van der Waals surface area contributed by atoms with Crippen LogP contribution in [0.15, 0.2) is 0 Å². The van der Waals surface area contributed by atoms with Gasteiger partial charge in [-0.3, -0.25) is 4.90 Å². The first kappa shape index (κ1) is 14.3. The van der Waals surface area contributed by atoms with Crippen molar-refractivity contribution in [3.63, 3.8) is 0 Å². The van der Waals surface area contributed by atoms with Gasteiger partial charge in [0.05, 0.1) is 5.60 Å². The molecule has 0 aromatic rings. The minimum absolute atomic E-state index is 0.0940. The average Bonchev–Trinajstić information content (AvgIpc) is 2.40. The van der Waals surface area contributed by atoms with Crippen LogP contribution in [0.2, 0.25) is 0 Å². The van der Waals surface area contributed by atoms with Crippen molar-refractivity contribution in [2.24, 2.45) is 0 Å². The first-order valence-electron chi connectivity index (χ1n) is 7.69. The van der Waals surface area contributed by atoms with Crippen molar-refractivity contribution in [2.45, 2.75) is 70.1 Å². The van der Waals surface area contributed by atoms with E-state index >= 15 is 0 Å². The van der Waals surface area contributed by atoms with E-state index in [0.29, 0.717) is 0 Å². The summed E-state index contributed by atoms with van der Waals surface area (Å²) >= 11 is 0. The van der Waals surface area contributed by atoms with Gasteiger partial charge in [-0.1, -0.05) is 6.92 Å². The van der Waals surface area contributed by atoms with Crippen LogP contribution in [0.4, 0.5) is 0 Å². The molecule has 1 saturated carbocycles. The minimum Gasteiger partial charge on any atom is -0.377 e. The molecule has 1 aliphatic heterocycles. The van der Waals surface area contributed by atoms with E-state index in [0.717, 1.165) is 25.2 Å². The highest BCUT2D eigenvalue weighted by Crippen LogP contribution is 2.30. The van der Waals surface area contributed by atoms with Gasteiger partial charge < -0.3 is 10.1 Å². The van der Waals surface area contributed by atoms with Crippen LogP contribution in [0.5, 0.6) is 0 Å². The molecule has 106 valence electrons. The van der Waals surface area contributed by atoms with Crippen molar-refractivity contribution >= 4 is 0 Å². The first-order chi connectivity index (χ1) is 8.67. The molecule has 0 radical (unpaired) electrons. The number of nitrogens with one attached hydrogen (secondary N) is 1. The summed E-state index contributed by atoms with van der Waals surface area (Å²) in [4.78, 5) is 2.69. The van der Waals surface area contributed by atoms with Gasteiger partial charge in [0.2, 0.25) is 0 Å². The number of methoxy groups -OCH3 is 1. The molecule has 2 aliphatic rings. The zero-order valence-corrected chi connectivity index (χ0v) is 12.4. The van der Waals surface area contributed by atoms with E-state index in [1.807, 2.05) is 7.11 Å². The Morgan fingerprint density at radius 3 is 2.61 bits per heavy atom. The molecule has 3 nitrogen and oxygen atoms in total. The summed E-state index contributed by atoms with van der Waals surface area (Å²) in [6.45, 7) is 7.99. The lowest BCUT2D eigenvalue weighted by molar-refractivity contribution is -0.0653. The molecule has 3 heteroatoms. The van der Waals surface area contributed by atoms with Crippen molar-refractivity contribution in [1.82, 2.24) is 10.2 Å². The molecule has 2 rings (SSSR count). The van der Waals surface area contributed by atoms with Crippen LogP contribution in [-0.2, 0) is 4.74 Å². The molecule has 0 spiro atoms. The lowest BCUT2D eigenvalue weighted by Crippen LogP contribution is -2.52. The van der Waals surface area contributed by atoms with Gasteiger partial charge in [-0.25, -0.2) is 0 Å². The summed E-state index contributed by atoms with van der Waals surface area (Å²) in [6, 6.07) is 1.57. The van der Waals surface area contributed by atoms with E-state index in [9.17, 15) is 0 Å². The standard InChI is InChI=1S/C15H30N2O/c1-4-16-13-6-8-14(9-7-13)17-11-5-10-15(2,12-17)18-3/h13-14,16H,4-12H2,1-3H3. The summed E-state index contributed by atoms with van der Waals surface area (Å²) in [6.07, 6.45) is 7.91. The average molecular weight is 254 g/mol. The predicted molar refractivity (Wildman–Crippen MR) is 75.9 cm³/mol. The Labute approximate surface area is 112 Å². The molecular weight excluding hydrogens is 224 g/mol. The second-order valence-electron chi connectivity index (χ2n) is 6.29. The predicted octanol–water partition coefficient (Wildman–Crippen LogP) is 2.41. The van der Waals surface area contributed by atoms with E-state index in [2.05, 4.69) is 24.1 Å². The molecule has 1 N–H and O–H groups in total. The maximum atomic E-state index is 5.71. The van der Waals surface area contributed by atoms with Crippen molar-refractivity contribution in [3.05, 3.63) is 0 Å². The fourth-order valence-electron chi connectivity index (χ4n) is 3.66. The molecule has 1 atom stereocenters. The number of ether oxygens (including phenoxy) is 1. The van der Waals surface area contributed by atoms with Crippen LogP contribution in [0.25, 0.3) is 0 Å². The molecule has 1 saturated heterocycles. The zero-order chi connectivity index (χ0) is 13.0. The van der Waals surface area contributed by atoms with Crippen molar-refractivity contribution in [3.8, 4) is 0 Å². The molecule has 0 aromatic carbocycles. The zero-order valence-electron chi connectivity index (χ0n) is 12.4. The number of hydrogen-bond donors (Lipinski definition) is 1. The van der Waals surface area contributed by atoms with Gasteiger partial charge in [-0.15, -0.1) is 0 Å². The molecule has 1 unspecified atom stereocenters. The van der Waals surface area contributed by atoms with Gasteiger partial charge >= 0.3 is 0 Å². The lowest BCUT2D eigenvalue weighted by Gasteiger charge is -2.45. The fourth-order valence-corrected chi connectivity index (χ4v) is 3.66. The summed E-state index contributed by atoms with van der Waals surface area (Å²) in [5, 5.41) is 3.59. The van der Waals surface area contributed by atoms with Crippen LogP contribution in [-0.4, -0.2) is 49.3 Å². The molecule has 18 heavy (non-hydrogen) atoms. The van der Waals surface area contributed by atoms with Gasteiger partial charge in [-0.05, 0) is 58.5 Å². The third kappa shape index (κ3) is 3.46. The van der Waals surface area contributed by atoms with Gasteiger partial charge in [0, 0.05) is 25.7 Å². The quantitative estimate of drug-likeness (QED) is 0.834. The molecule has 1 heterocycles. The largest absolute Gasteiger partial charge is 0.377 e. The van der Waals surface area contributed by atoms with E-state index in [1.54, 1.807) is 0 Å². The number of piperidine rings is 1. The maximum absolute atomic E-state index is 5.71. The van der Waals surface area contributed by atoms with Gasteiger partial charge in [0.1, 0.15) is 0 Å². The Morgan fingerprint density at radius 1 is 1.28 bits per heavy atom. The second-order valence-corrected chi connectivity index (χ2v) is 6.29. The van der Waals surface area contributed by atoms with Gasteiger partial charge in [0.25, 0.3) is 0 Å². The fraction of sp³-hybridized carbons (Fsp3) is 1.00. The first-order valence-corrected chi connectivity index (χ1v) is 7.69. The summed E-state index contributed by atoms with van der Waals surface area (Å²) in [5.74, 6) is 0. The Bertz CT molecular complexity index is 251. The third-order valence-corrected chi connectivity index (χ3v) is 4.89. The normalized spacial score (nSPS) is 38.8. The molecule has 2 fully saturated rings. The van der Waals surface area contributed by atoms with Crippen molar-refractivity contribution in [2.75, 3.05) is 26.7 Å². The van der Waals surface area contributed by atoms with Crippen LogP contribution in [0.3, 0.4) is 0 Å². The highest BCUT2D eigenvalue weighted by Gasteiger charge is 2.35. The molecule has 0 amide bonds.